The smallest absolute Gasteiger partial charge is 0.399 e. The fourth-order valence-electron chi connectivity index (χ4n) is 4.41. The Bertz CT molecular complexity index is 1610. The Morgan fingerprint density at radius 1 is 1.05 bits per heavy atom. The van der Waals surface area contributed by atoms with Gasteiger partial charge in [-0.1, -0.05) is 30.3 Å². The van der Waals surface area contributed by atoms with Gasteiger partial charge < -0.3 is 20.4 Å². The van der Waals surface area contributed by atoms with Gasteiger partial charge in [-0.05, 0) is 58.3 Å². The molecule has 3 N–H and O–H groups in total. The number of para-hydroxylation sites is 1. The van der Waals surface area contributed by atoms with E-state index in [0.29, 0.717) is 27.9 Å². The maximum Gasteiger partial charge on any atom is 0.495 e. The quantitative estimate of drug-likeness (QED) is 0.388. The number of nitrogens with one attached hydrogen (secondary N) is 1. The summed E-state index contributed by atoms with van der Waals surface area (Å²) in [7, 11) is -0.731. The number of anilines is 2. The van der Waals surface area contributed by atoms with Crippen molar-refractivity contribution in [1.82, 2.24) is 19.5 Å². The van der Waals surface area contributed by atoms with E-state index in [9.17, 15) is 10.1 Å². The van der Waals surface area contributed by atoms with Gasteiger partial charge in [-0.2, -0.15) is 10.2 Å². The molecule has 1 aliphatic heterocycles. The molecule has 5 rings (SSSR count). The van der Waals surface area contributed by atoms with Crippen molar-refractivity contribution >= 4 is 35.3 Å². The van der Waals surface area contributed by atoms with E-state index in [2.05, 4.69) is 21.4 Å². The van der Waals surface area contributed by atoms with Crippen molar-refractivity contribution in [2.24, 2.45) is 0 Å². The first-order valence-corrected chi connectivity index (χ1v) is 12.3. The molecule has 3 heterocycles. The number of fused-ring (bicyclic) bond motifs is 1. The Morgan fingerprint density at radius 3 is 2.39 bits per heavy atom. The van der Waals surface area contributed by atoms with Crippen LogP contribution in [0.3, 0.4) is 0 Å². The molecule has 1 aliphatic rings. The number of hydrogen-bond acceptors (Lipinski definition) is 9. The van der Waals surface area contributed by atoms with Crippen molar-refractivity contribution in [3.63, 3.8) is 0 Å². The van der Waals surface area contributed by atoms with E-state index in [0.717, 1.165) is 0 Å². The van der Waals surface area contributed by atoms with Crippen LogP contribution in [0, 0.1) is 11.3 Å². The van der Waals surface area contributed by atoms with Gasteiger partial charge in [-0.25, -0.2) is 9.97 Å². The van der Waals surface area contributed by atoms with Gasteiger partial charge in [0.2, 0.25) is 5.95 Å². The average molecular weight is 509 g/mol. The van der Waals surface area contributed by atoms with Crippen molar-refractivity contribution < 1.29 is 9.31 Å². The third-order valence-corrected chi connectivity index (χ3v) is 7.15. The van der Waals surface area contributed by atoms with Gasteiger partial charge in [-0.15, -0.1) is 0 Å². The standard InChI is InChI=1S/C27H28BN7O3/c1-16(32-22-17(14-29)15-31-25(30)34-22)23-33-20-13-9-12-19(28-37-26(2,3)27(4,5)38-28)21(20)24(36)35(23)18-10-7-6-8-11-18/h6-13,15-16H,1-5H3,(H3,30,31,32,34). The van der Waals surface area contributed by atoms with Crippen LogP contribution in [0.5, 0.6) is 0 Å². The van der Waals surface area contributed by atoms with Gasteiger partial charge in [0.25, 0.3) is 5.56 Å². The lowest BCUT2D eigenvalue weighted by atomic mass is 9.77. The predicted molar refractivity (Wildman–Crippen MR) is 146 cm³/mol. The molecular formula is C27H28BN7O3. The minimum absolute atomic E-state index is 0.0256. The Hall–Kier alpha value is -4.27. The van der Waals surface area contributed by atoms with Gasteiger partial charge in [0.15, 0.2) is 0 Å². The molecule has 0 bridgehead atoms. The average Bonchev–Trinajstić information content (AvgIpc) is 3.10. The largest absolute Gasteiger partial charge is 0.495 e. The molecule has 0 aliphatic carbocycles. The molecule has 1 saturated heterocycles. The number of benzene rings is 2. The highest BCUT2D eigenvalue weighted by molar-refractivity contribution is 6.65. The lowest BCUT2D eigenvalue weighted by Crippen LogP contribution is -2.41. The Labute approximate surface area is 220 Å². The van der Waals surface area contributed by atoms with Crippen LogP contribution in [0.1, 0.15) is 52.0 Å². The molecule has 0 spiro atoms. The molecule has 0 amide bonds. The van der Waals surface area contributed by atoms with Gasteiger partial charge in [0.1, 0.15) is 23.3 Å². The molecule has 0 radical (unpaired) electrons. The van der Waals surface area contributed by atoms with Gasteiger partial charge in [-0.3, -0.25) is 9.36 Å². The first-order valence-electron chi connectivity index (χ1n) is 12.3. The monoisotopic (exact) mass is 509 g/mol. The summed E-state index contributed by atoms with van der Waals surface area (Å²) < 4.78 is 14.1. The van der Waals surface area contributed by atoms with E-state index < -0.39 is 24.4 Å². The minimum Gasteiger partial charge on any atom is -0.399 e. The van der Waals surface area contributed by atoms with Crippen molar-refractivity contribution in [2.45, 2.75) is 51.9 Å². The predicted octanol–water partition coefficient (Wildman–Crippen LogP) is 3.10. The Balaban J connectivity index is 1.70. The molecule has 0 saturated carbocycles. The van der Waals surface area contributed by atoms with E-state index in [1.54, 1.807) is 10.6 Å². The third kappa shape index (κ3) is 4.28. The van der Waals surface area contributed by atoms with E-state index in [-0.39, 0.29) is 22.9 Å². The van der Waals surface area contributed by atoms with E-state index >= 15 is 0 Å². The number of nitrogens with two attached hydrogens (primary N) is 1. The molecule has 4 aromatic rings. The first kappa shape index (κ1) is 25.4. The summed E-state index contributed by atoms with van der Waals surface area (Å²) in [6, 6.07) is 16.3. The second kappa shape index (κ2) is 9.24. The van der Waals surface area contributed by atoms with Crippen LogP contribution in [-0.4, -0.2) is 37.8 Å². The van der Waals surface area contributed by atoms with Crippen molar-refractivity contribution in [3.8, 4) is 11.8 Å². The molecule has 1 atom stereocenters. The minimum atomic E-state index is -0.731. The fourth-order valence-corrected chi connectivity index (χ4v) is 4.41. The molecular weight excluding hydrogens is 481 g/mol. The van der Waals surface area contributed by atoms with Crippen LogP contribution in [0.15, 0.2) is 59.5 Å². The lowest BCUT2D eigenvalue weighted by molar-refractivity contribution is 0.00578. The normalized spacial score (nSPS) is 16.8. The zero-order chi connectivity index (χ0) is 27.2. The third-order valence-electron chi connectivity index (χ3n) is 7.15. The fraction of sp³-hybridized carbons (Fsp3) is 0.296. The number of hydrogen-bond donors (Lipinski definition) is 2. The number of aromatic nitrogens is 4. The van der Waals surface area contributed by atoms with E-state index in [1.165, 1.54) is 6.20 Å². The summed E-state index contributed by atoms with van der Waals surface area (Å²) in [5.41, 5.74) is 6.35. The van der Waals surface area contributed by atoms with Crippen LogP contribution < -0.4 is 22.1 Å². The lowest BCUT2D eigenvalue weighted by Gasteiger charge is -2.32. The second-order valence-corrected chi connectivity index (χ2v) is 10.2. The van der Waals surface area contributed by atoms with Crippen molar-refractivity contribution in [2.75, 3.05) is 11.1 Å². The molecule has 2 aromatic carbocycles. The number of nitriles is 1. The van der Waals surface area contributed by atoms with Crippen LogP contribution in [0.4, 0.5) is 11.8 Å². The topological polar surface area (TPSA) is 141 Å². The first-order chi connectivity index (χ1) is 18.0. The van der Waals surface area contributed by atoms with E-state index in [4.69, 9.17) is 20.0 Å². The molecule has 38 heavy (non-hydrogen) atoms. The summed E-state index contributed by atoms with van der Waals surface area (Å²) in [6.45, 7) is 9.72. The molecule has 192 valence electrons. The van der Waals surface area contributed by atoms with Crippen LogP contribution in [-0.2, 0) is 9.31 Å². The number of nitrogens with zero attached hydrogens (tertiary/aromatic N) is 5. The van der Waals surface area contributed by atoms with Gasteiger partial charge >= 0.3 is 7.12 Å². The maximum atomic E-state index is 14.3. The van der Waals surface area contributed by atoms with Crippen molar-refractivity contribution in [1.29, 1.82) is 5.26 Å². The molecule has 1 unspecified atom stereocenters. The second-order valence-electron chi connectivity index (χ2n) is 10.2. The van der Waals surface area contributed by atoms with Gasteiger partial charge in [0.05, 0.1) is 40.0 Å². The summed E-state index contributed by atoms with van der Waals surface area (Å²) in [4.78, 5) is 27.3. The highest BCUT2D eigenvalue weighted by Crippen LogP contribution is 2.37. The zero-order valence-electron chi connectivity index (χ0n) is 21.9. The molecule has 10 nitrogen and oxygen atoms in total. The van der Waals surface area contributed by atoms with Crippen LogP contribution >= 0.6 is 0 Å². The molecule has 1 fully saturated rings. The van der Waals surface area contributed by atoms with E-state index in [1.807, 2.05) is 77.1 Å². The summed E-state index contributed by atoms with van der Waals surface area (Å²) in [6.07, 6.45) is 1.35. The number of rotatable bonds is 5. The number of nitrogen functional groups attached to an aromatic ring is 1. The molecule has 2 aromatic heterocycles. The maximum absolute atomic E-state index is 14.3. The SMILES string of the molecule is CC(Nc1nc(N)ncc1C#N)c1nc2cccc(B3OC(C)(C)C(C)(C)O3)c2c(=O)n1-c1ccccc1. The zero-order valence-corrected chi connectivity index (χ0v) is 21.9. The summed E-state index contributed by atoms with van der Waals surface area (Å²) in [5, 5.41) is 13.1. The van der Waals surface area contributed by atoms with Crippen molar-refractivity contribution in [3.05, 3.63) is 76.5 Å². The van der Waals surface area contributed by atoms with Gasteiger partial charge in [0, 0.05) is 0 Å². The summed E-state index contributed by atoms with van der Waals surface area (Å²) >= 11 is 0. The Kier molecular flexibility index (Phi) is 6.17. The molecule has 11 heteroatoms. The highest BCUT2D eigenvalue weighted by Gasteiger charge is 2.52. The Morgan fingerprint density at radius 2 is 1.74 bits per heavy atom. The summed E-state index contributed by atoms with van der Waals surface area (Å²) in [5.74, 6) is 0.714. The highest BCUT2D eigenvalue weighted by atomic mass is 16.7. The van der Waals surface area contributed by atoms with Crippen LogP contribution in [0.25, 0.3) is 16.6 Å². The van der Waals surface area contributed by atoms with Crippen LogP contribution in [0.2, 0.25) is 0 Å².